The van der Waals surface area contributed by atoms with Crippen LogP contribution in [0, 0.1) is 36.5 Å². The molecule has 12 heteroatoms. The van der Waals surface area contributed by atoms with Crippen LogP contribution in [-0.2, 0) is 9.47 Å². The number of rotatable bonds is 8. The van der Waals surface area contributed by atoms with Crippen LogP contribution in [0.1, 0.15) is 35.4 Å². The number of nitriles is 2. The maximum atomic E-state index is 9.75. The third-order valence-corrected chi connectivity index (χ3v) is 12.7. The molecule has 12 nitrogen and oxygen atoms in total. The number of aliphatic hydroxyl groups is 1. The fraction of sp³-hybridized carbons (Fsp3) is 0.264. The first kappa shape index (κ1) is 41.6. The number of morpholine rings is 1. The van der Waals surface area contributed by atoms with Gasteiger partial charge in [0, 0.05) is 72.2 Å². The summed E-state index contributed by atoms with van der Waals surface area (Å²) < 4.78 is 22.3. The molecule has 8 aromatic rings. The number of benzene rings is 5. The summed E-state index contributed by atoms with van der Waals surface area (Å²) in [7, 11) is 0. The summed E-state index contributed by atoms with van der Waals surface area (Å²) >= 11 is 0. The number of H-pyrrole nitrogens is 2. The molecule has 0 atom stereocenters. The summed E-state index contributed by atoms with van der Waals surface area (Å²) in [5, 5.41) is 35.4. The van der Waals surface area contributed by atoms with E-state index in [-0.39, 0.29) is 12.2 Å². The van der Waals surface area contributed by atoms with Crippen LogP contribution in [0.25, 0.3) is 66.6 Å². The van der Waals surface area contributed by atoms with Crippen LogP contribution < -0.4 is 14.5 Å². The molecule has 0 spiro atoms. The van der Waals surface area contributed by atoms with Crippen molar-refractivity contribution in [3.63, 3.8) is 0 Å². The van der Waals surface area contributed by atoms with E-state index in [9.17, 15) is 15.6 Å². The topological polar surface area (TPSA) is 160 Å². The Balaban J connectivity index is 0.000000154. The number of aromatic amines is 2. The van der Waals surface area contributed by atoms with Gasteiger partial charge in [-0.15, -0.1) is 0 Å². The number of aryl methyl sites for hydroxylation is 2. The molecular formula is C53H49N7O5. The van der Waals surface area contributed by atoms with E-state index in [0.717, 1.165) is 123 Å². The molecule has 0 bridgehead atoms. The van der Waals surface area contributed by atoms with Gasteiger partial charge in [-0.3, -0.25) is 0 Å². The zero-order chi connectivity index (χ0) is 44.4. The predicted molar refractivity (Wildman–Crippen MR) is 253 cm³/mol. The Morgan fingerprint density at radius 1 is 0.677 bits per heavy atom. The monoisotopic (exact) mass is 863 g/mol. The molecule has 0 radical (unpaired) electrons. The lowest BCUT2D eigenvalue weighted by atomic mass is 9.97. The number of hydrogen-bond acceptors (Lipinski definition) is 10. The number of nitrogens with zero attached hydrogens (tertiary/aromatic N) is 5. The number of ether oxygens (including phenoxy) is 3. The second-order valence-electron chi connectivity index (χ2n) is 16.9. The second kappa shape index (κ2) is 18.0. The van der Waals surface area contributed by atoms with Gasteiger partial charge in [0.1, 0.15) is 29.8 Å². The Morgan fingerprint density at radius 3 is 1.91 bits per heavy atom. The molecule has 3 saturated heterocycles. The highest BCUT2D eigenvalue weighted by Crippen LogP contribution is 2.38. The number of hydrogen-bond donors (Lipinski definition) is 3. The molecule has 3 aromatic heterocycles. The maximum Gasteiger partial charge on any atom is 0.143 e. The Bertz CT molecular complexity index is 3060. The van der Waals surface area contributed by atoms with Crippen molar-refractivity contribution in [2.45, 2.75) is 38.9 Å². The molecule has 326 valence electrons. The molecule has 0 unspecified atom stereocenters. The molecule has 6 heterocycles. The molecule has 3 aliphatic rings. The number of anilines is 2. The smallest absolute Gasteiger partial charge is 0.143 e. The van der Waals surface area contributed by atoms with Crippen LogP contribution in [0.3, 0.4) is 0 Å². The maximum absolute atomic E-state index is 9.75. The minimum atomic E-state index is -0.304. The van der Waals surface area contributed by atoms with Gasteiger partial charge in [-0.2, -0.15) is 10.5 Å². The van der Waals surface area contributed by atoms with Crippen molar-refractivity contribution < 1.29 is 23.8 Å². The average Bonchev–Trinajstić information content (AvgIpc) is 4.07. The number of fused-ring (bicyclic) bond motifs is 2. The quantitative estimate of drug-likeness (QED) is 0.134. The summed E-state index contributed by atoms with van der Waals surface area (Å²) in [6.45, 7) is 9.83. The predicted octanol–water partition coefficient (Wildman–Crippen LogP) is 9.93. The van der Waals surface area contributed by atoms with Crippen LogP contribution in [0.2, 0.25) is 0 Å². The molecule has 0 aliphatic carbocycles. The first-order valence-electron chi connectivity index (χ1n) is 22.2. The lowest BCUT2D eigenvalue weighted by Crippen LogP contribution is -2.51. The van der Waals surface area contributed by atoms with E-state index >= 15 is 0 Å². The minimum absolute atomic E-state index is 0.0948. The fourth-order valence-corrected chi connectivity index (χ4v) is 9.23. The van der Waals surface area contributed by atoms with E-state index in [1.54, 1.807) is 0 Å². The van der Waals surface area contributed by atoms with E-state index < -0.39 is 0 Å². The van der Waals surface area contributed by atoms with Crippen molar-refractivity contribution in [1.82, 2.24) is 15.1 Å². The number of aliphatic hydroxyl groups excluding tert-OH is 1. The van der Waals surface area contributed by atoms with Crippen molar-refractivity contribution in [1.29, 1.82) is 10.5 Å². The van der Waals surface area contributed by atoms with E-state index in [1.807, 2.05) is 67.3 Å². The lowest BCUT2D eigenvalue weighted by Gasteiger charge is -2.38. The van der Waals surface area contributed by atoms with Gasteiger partial charge in [0.05, 0.1) is 66.3 Å². The summed E-state index contributed by atoms with van der Waals surface area (Å²) in [5.74, 6) is 1.42. The van der Waals surface area contributed by atoms with Gasteiger partial charge in [0.2, 0.25) is 0 Å². The lowest BCUT2D eigenvalue weighted by molar-refractivity contribution is 0.0254. The minimum Gasteiger partial charge on any atom is -0.489 e. The third kappa shape index (κ3) is 8.43. The highest BCUT2D eigenvalue weighted by Gasteiger charge is 2.27. The molecule has 11 rings (SSSR count). The number of nitrogens with one attached hydrogen (secondary N) is 2. The van der Waals surface area contributed by atoms with Gasteiger partial charge >= 0.3 is 0 Å². The normalized spacial score (nSPS) is 15.6. The Labute approximate surface area is 377 Å². The standard InChI is InChI=1S/C28H26N4O2.C25H23N3O3/c29-16-21-14-20(6-9-28(21)32-17-23(33)18-32)24-2-1-3-26-25(24)15-27(30-26)19-4-7-22(8-5-19)31-10-12-34-13-11-31;1-15-25(16(2)31-28-15)23-13-21-20(4-3-5-22(21)27-23)17-6-7-24(18(12-17)14-26)30-19-8-10-29-11-9-19/h1-9,14-15,23,30,33H,10-13,17-18H2;3-7,12-13,19,27H,8-11H2,1-2H3. The average molecular weight is 864 g/mol. The molecule has 65 heavy (non-hydrogen) atoms. The van der Waals surface area contributed by atoms with E-state index in [0.29, 0.717) is 43.2 Å². The van der Waals surface area contributed by atoms with Crippen molar-refractivity contribution in [2.24, 2.45) is 0 Å². The summed E-state index contributed by atoms with van der Waals surface area (Å²) in [6.07, 6.45) is 1.48. The number of aromatic nitrogens is 3. The van der Waals surface area contributed by atoms with Crippen LogP contribution in [-0.4, -0.2) is 85.0 Å². The van der Waals surface area contributed by atoms with E-state index in [1.165, 1.54) is 5.69 Å². The zero-order valence-corrected chi connectivity index (χ0v) is 36.4. The number of β-amino-alcohol motifs (C(OH)–C–C–N with tert-alkyl or cyclic N) is 1. The van der Waals surface area contributed by atoms with Crippen molar-refractivity contribution in [3.05, 3.63) is 132 Å². The summed E-state index contributed by atoms with van der Waals surface area (Å²) in [6, 6.07) is 41.9. The van der Waals surface area contributed by atoms with E-state index in [2.05, 4.69) is 92.8 Å². The Kier molecular flexibility index (Phi) is 11.6. The molecule has 5 aromatic carbocycles. The molecule has 3 aliphatic heterocycles. The van der Waals surface area contributed by atoms with Crippen molar-refractivity contribution in [2.75, 3.05) is 62.4 Å². The summed E-state index contributed by atoms with van der Waals surface area (Å²) in [5.41, 5.74) is 14.5. The van der Waals surface area contributed by atoms with Crippen LogP contribution in [0.15, 0.2) is 114 Å². The molecule has 3 fully saturated rings. The van der Waals surface area contributed by atoms with Crippen LogP contribution >= 0.6 is 0 Å². The first-order chi connectivity index (χ1) is 31.8. The van der Waals surface area contributed by atoms with Gasteiger partial charge in [0.25, 0.3) is 0 Å². The Morgan fingerprint density at radius 2 is 1.28 bits per heavy atom. The van der Waals surface area contributed by atoms with Crippen molar-refractivity contribution >= 4 is 33.2 Å². The molecule has 0 amide bonds. The molecule has 3 N–H and O–H groups in total. The zero-order valence-electron chi connectivity index (χ0n) is 36.4. The van der Waals surface area contributed by atoms with Crippen LogP contribution in [0.4, 0.5) is 11.4 Å². The third-order valence-electron chi connectivity index (χ3n) is 12.7. The van der Waals surface area contributed by atoms with Crippen molar-refractivity contribution in [3.8, 4) is 62.7 Å². The van der Waals surface area contributed by atoms with Gasteiger partial charge in [-0.25, -0.2) is 0 Å². The van der Waals surface area contributed by atoms with Gasteiger partial charge in [-0.05, 0) is 102 Å². The van der Waals surface area contributed by atoms with Gasteiger partial charge < -0.3 is 43.6 Å². The van der Waals surface area contributed by atoms with E-state index in [4.69, 9.17) is 18.7 Å². The molecular weight excluding hydrogens is 815 g/mol. The van der Waals surface area contributed by atoms with Gasteiger partial charge in [-0.1, -0.05) is 53.7 Å². The second-order valence-corrected chi connectivity index (χ2v) is 16.9. The Hall–Kier alpha value is -7.35. The molecule has 0 saturated carbocycles. The van der Waals surface area contributed by atoms with Gasteiger partial charge in [0.15, 0.2) is 0 Å². The largest absolute Gasteiger partial charge is 0.489 e. The highest BCUT2D eigenvalue weighted by molar-refractivity contribution is 6.00. The SMILES string of the molecule is Cc1noc(C)c1-c1cc2c(-c3ccc(OC4CCOCC4)c(C#N)c3)cccc2[nH]1.N#Cc1cc(-c2cccc3[nH]c(-c4ccc(N5CCOCC5)cc4)cc23)ccc1N1CC(O)C1. The van der Waals surface area contributed by atoms with Crippen LogP contribution in [0.5, 0.6) is 5.75 Å². The first-order valence-corrected chi connectivity index (χ1v) is 22.2. The fourth-order valence-electron chi connectivity index (χ4n) is 9.23. The highest BCUT2D eigenvalue weighted by atomic mass is 16.5. The summed E-state index contributed by atoms with van der Waals surface area (Å²) in [4.78, 5) is 11.4.